The van der Waals surface area contributed by atoms with Gasteiger partial charge in [-0.1, -0.05) is 42.5 Å². The van der Waals surface area contributed by atoms with Gasteiger partial charge in [0.05, 0.1) is 34.6 Å². The summed E-state index contributed by atoms with van der Waals surface area (Å²) in [5, 5.41) is 17.3. The SMILES string of the molecule is Cc1cc(C)n(-c2ccccc2NC(=O)Nc2cn[nH]c2-c2ccccc2)n1. The topological polar surface area (TPSA) is 87.6 Å². The van der Waals surface area contributed by atoms with Gasteiger partial charge in [-0.15, -0.1) is 0 Å². The van der Waals surface area contributed by atoms with Crippen molar-refractivity contribution in [1.82, 2.24) is 20.0 Å². The predicted molar refractivity (Wildman–Crippen MR) is 110 cm³/mol. The Morgan fingerprint density at radius 2 is 1.68 bits per heavy atom. The molecule has 0 radical (unpaired) electrons. The van der Waals surface area contributed by atoms with E-state index in [1.807, 2.05) is 79.2 Å². The number of nitrogens with zero attached hydrogens (tertiary/aromatic N) is 3. The summed E-state index contributed by atoms with van der Waals surface area (Å²) in [6.07, 6.45) is 1.59. The molecule has 0 aliphatic rings. The summed E-state index contributed by atoms with van der Waals surface area (Å²) in [5.74, 6) is 0. The highest BCUT2D eigenvalue weighted by atomic mass is 16.2. The number of para-hydroxylation sites is 2. The maximum Gasteiger partial charge on any atom is 0.323 e. The van der Waals surface area contributed by atoms with Crippen LogP contribution < -0.4 is 10.6 Å². The van der Waals surface area contributed by atoms with E-state index >= 15 is 0 Å². The molecule has 4 rings (SSSR count). The van der Waals surface area contributed by atoms with E-state index in [4.69, 9.17) is 0 Å². The molecule has 0 spiro atoms. The lowest BCUT2D eigenvalue weighted by Gasteiger charge is -2.13. The number of carbonyl (C=O) groups excluding carboxylic acids is 1. The van der Waals surface area contributed by atoms with Crippen molar-refractivity contribution in [3.63, 3.8) is 0 Å². The Bertz CT molecular complexity index is 1110. The first-order valence-electron chi connectivity index (χ1n) is 8.91. The van der Waals surface area contributed by atoms with Crippen molar-refractivity contribution >= 4 is 17.4 Å². The molecule has 0 saturated carbocycles. The summed E-state index contributed by atoms with van der Waals surface area (Å²) in [4.78, 5) is 12.6. The number of carbonyl (C=O) groups is 1. The largest absolute Gasteiger partial charge is 0.323 e. The molecule has 7 heteroatoms. The summed E-state index contributed by atoms with van der Waals surface area (Å²) in [7, 11) is 0. The molecule has 0 fully saturated rings. The number of hydrogen-bond donors (Lipinski definition) is 3. The minimum Gasteiger partial charge on any atom is -0.306 e. The Balaban J connectivity index is 1.57. The van der Waals surface area contributed by atoms with Crippen LogP contribution in [-0.2, 0) is 0 Å². The van der Waals surface area contributed by atoms with Crippen LogP contribution in [0.5, 0.6) is 0 Å². The van der Waals surface area contributed by atoms with E-state index in [2.05, 4.69) is 25.9 Å². The minimum absolute atomic E-state index is 0.354. The van der Waals surface area contributed by atoms with Gasteiger partial charge in [-0.2, -0.15) is 10.2 Å². The van der Waals surface area contributed by atoms with Gasteiger partial charge in [0.2, 0.25) is 0 Å². The molecule has 0 saturated heterocycles. The molecule has 4 aromatic rings. The summed E-state index contributed by atoms with van der Waals surface area (Å²) in [6.45, 7) is 3.92. The van der Waals surface area contributed by atoms with Gasteiger partial charge in [0.25, 0.3) is 0 Å². The van der Waals surface area contributed by atoms with Gasteiger partial charge in [-0.05, 0) is 32.0 Å². The number of amides is 2. The zero-order valence-electron chi connectivity index (χ0n) is 15.6. The second kappa shape index (κ2) is 7.40. The Morgan fingerprint density at radius 1 is 0.964 bits per heavy atom. The highest BCUT2D eigenvalue weighted by Crippen LogP contribution is 2.26. The first-order valence-corrected chi connectivity index (χ1v) is 8.91. The molecule has 3 N–H and O–H groups in total. The van der Waals surface area contributed by atoms with Gasteiger partial charge in [0, 0.05) is 11.3 Å². The Morgan fingerprint density at radius 3 is 2.43 bits per heavy atom. The van der Waals surface area contributed by atoms with E-state index < -0.39 is 0 Å². The highest BCUT2D eigenvalue weighted by molar-refractivity contribution is 6.02. The van der Waals surface area contributed by atoms with Crippen LogP contribution in [0.4, 0.5) is 16.2 Å². The van der Waals surface area contributed by atoms with Crippen LogP contribution in [-0.4, -0.2) is 26.0 Å². The second-order valence-corrected chi connectivity index (χ2v) is 6.46. The third-order valence-corrected chi connectivity index (χ3v) is 4.34. The number of nitrogens with one attached hydrogen (secondary N) is 3. The number of hydrogen-bond acceptors (Lipinski definition) is 3. The normalized spacial score (nSPS) is 10.6. The number of urea groups is 1. The molecular formula is C21H20N6O. The van der Waals surface area contributed by atoms with Crippen molar-refractivity contribution in [2.24, 2.45) is 0 Å². The fraction of sp³-hybridized carbons (Fsp3) is 0.0952. The zero-order chi connectivity index (χ0) is 19.5. The molecule has 0 aliphatic heterocycles. The van der Waals surface area contributed by atoms with Crippen molar-refractivity contribution in [3.05, 3.63) is 78.2 Å². The average molecular weight is 372 g/mol. The first-order chi connectivity index (χ1) is 13.6. The molecule has 2 aromatic carbocycles. The van der Waals surface area contributed by atoms with Crippen LogP contribution in [0.3, 0.4) is 0 Å². The van der Waals surface area contributed by atoms with Gasteiger partial charge >= 0.3 is 6.03 Å². The number of H-pyrrole nitrogens is 1. The lowest BCUT2D eigenvalue weighted by molar-refractivity contribution is 0.262. The molecule has 7 nitrogen and oxygen atoms in total. The lowest BCUT2D eigenvalue weighted by atomic mass is 10.1. The maximum atomic E-state index is 12.6. The van der Waals surface area contributed by atoms with E-state index in [0.29, 0.717) is 11.4 Å². The summed E-state index contributed by atoms with van der Waals surface area (Å²) < 4.78 is 1.82. The van der Waals surface area contributed by atoms with Crippen molar-refractivity contribution in [1.29, 1.82) is 0 Å². The van der Waals surface area contributed by atoms with E-state index in [1.165, 1.54) is 0 Å². The van der Waals surface area contributed by atoms with Crippen LogP contribution in [0.1, 0.15) is 11.4 Å². The zero-order valence-corrected chi connectivity index (χ0v) is 15.6. The standard InChI is InChI=1S/C21H20N6O/c1-14-12-15(2)27(26-14)19-11-7-6-10-17(19)23-21(28)24-18-13-22-25-20(18)16-8-4-3-5-9-16/h3-13H,1-2H3,(H,22,25)(H2,23,24,28). The van der Waals surface area contributed by atoms with Crippen molar-refractivity contribution in [3.8, 4) is 16.9 Å². The van der Waals surface area contributed by atoms with Crippen molar-refractivity contribution < 1.29 is 4.79 Å². The van der Waals surface area contributed by atoms with Crippen LogP contribution in [0.25, 0.3) is 16.9 Å². The molecule has 0 atom stereocenters. The molecule has 2 amide bonds. The van der Waals surface area contributed by atoms with E-state index in [9.17, 15) is 4.79 Å². The van der Waals surface area contributed by atoms with E-state index in [-0.39, 0.29) is 6.03 Å². The van der Waals surface area contributed by atoms with Gasteiger partial charge in [-0.25, -0.2) is 9.48 Å². The number of aromatic amines is 1. The fourth-order valence-electron chi connectivity index (χ4n) is 3.12. The number of benzene rings is 2. The number of anilines is 2. The third-order valence-electron chi connectivity index (χ3n) is 4.34. The minimum atomic E-state index is -0.354. The number of aromatic nitrogens is 4. The molecule has 28 heavy (non-hydrogen) atoms. The third kappa shape index (κ3) is 3.50. The van der Waals surface area contributed by atoms with Crippen LogP contribution >= 0.6 is 0 Å². The Labute approximate surface area is 162 Å². The maximum absolute atomic E-state index is 12.6. The smallest absolute Gasteiger partial charge is 0.306 e. The molecular weight excluding hydrogens is 352 g/mol. The summed E-state index contributed by atoms with van der Waals surface area (Å²) in [5.41, 5.74) is 5.68. The number of rotatable bonds is 4. The molecule has 0 bridgehead atoms. The first kappa shape index (κ1) is 17.5. The van der Waals surface area contributed by atoms with Crippen molar-refractivity contribution in [2.75, 3.05) is 10.6 Å². The van der Waals surface area contributed by atoms with Crippen molar-refractivity contribution in [2.45, 2.75) is 13.8 Å². The van der Waals surface area contributed by atoms with Crippen LogP contribution in [0.2, 0.25) is 0 Å². The predicted octanol–water partition coefficient (Wildman–Crippen LogP) is 4.52. The van der Waals surface area contributed by atoms with Gasteiger partial charge < -0.3 is 10.6 Å². The fourth-order valence-corrected chi connectivity index (χ4v) is 3.12. The summed E-state index contributed by atoms with van der Waals surface area (Å²) >= 11 is 0. The van der Waals surface area contributed by atoms with Gasteiger partial charge in [0.15, 0.2) is 0 Å². The summed E-state index contributed by atoms with van der Waals surface area (Å²) in [6, 6.07) is 18.9. The van der Waals surface area contributed by atoms with E-state index in [1.54, 1.807) is 6.20 Å². The molecule has 0 unspecified atom stereocenters. The van der Waals surface area contributed by atoms with E-state index in [0.717, 1.165) is 28.3 Å². The average Bonchev–Trinajstić information content (AvgIpc) is 3.28. The molecule has 140 valence electrons. The molecule has 2 heterocycles. The number of aryl methyl sites for hydroxylation is 2. The van der Waals surface area contributed by atoms with Gasteiger partial charge in [0.1, 0.15) is 0 Å². The quantitative estimate of drug-likeness (QED) is 0.492. The lowest BCUT2D eigenvalue weighted by Crippen LogP contribution is -2.20. The molecule has 0 aliphatic carbocycles. The Hall–Kier alpha value is -3.87. The molecule has 2 aromatic heterocycles. The highest BCUT2D eigenvalue weighted by Gasteiger charge is 2.14. The Kier molecular flexibility index (Phi) is 4.63. The monoisotopic (exact) mass is 372 g/mol. The van der Waals surface area contributed by atoms with Gasteiger partial charge in [-0.3, -0.25) is 5.10 Å². The second-order valence-electron chi connectivity index (χ2n) is 6.46. The van der Waals surface area contributed by atoms with Crippen LogP contribution in [0.15, 0.2) is 66.9 Å². The van der Waals surface area contributed by atoms with Crippen LogP contribution in [0, 0.1) is 13.8 Å².